The minimum atomic E-state index is -0.209. The molecule has 0 aliphatic heterocycles. The summed E-state index contributed by atoms with van der Waals surface area (Å²) in [7, 11) is 0. The second-order valence-electron chi connectivity index (χ2n) is 5.34. The molecule has 0 unspecified atom stereocenters. The number of nitrogens with one attached hydrogen (secondary N) is 1. The first-order valence-electron chi connectivity index (χ1n) is 6.44. The fourth-order valence-electron chi connectivity index (χ4n) is 2.45. The highest BCUT2D eigenvalue weighted by Crippen LogP contribution is 2.44. The third-order valence-electron chi connectivity index (χ3n) is 3.76. The quantitative estimate of drug-likeness (QED) is 0.879. The topological polar surface area (TPSA) is 49.3 Å². The van der Waals surface area contributed by atoms with Gasteiger partial charge in [0.2, 0.25) is 0 Å². The monoisotopic (exact) mass is 265 g/mol. The van der Waals surface area contributed by atoms with Crippen molar-refractivity contribution in [3.05, 3.63) is 28.8 Å². The molecular formula is C14H16ClNO2. The molecule has 0 spiro atoms. The molecule has 0 aromatic heterocycles. The molecule has 1 aromatic carbocycles. The number of phenolic OH excluding ortho intramolecular Hbond substituents is 1. The average Bonchev–Trinajstić information content (AvgIpc) is 3.21. The molecule has 4 heteroatoms. The van der Waals surface area contributed by atoms with Gasteiger partial charge in [-0.1, -0.05) is 11.6 Å². The van der Waals surface area contributed by atoms with Gasteiger partial charge in [0.05, 0.1) is 5.56 Å². The Balaban J connectivity index is 1.75. The van der Waals surface area contributed by atoms with E-state index in [0.29, 0.717) is 16.9 Å². The summed E-state index contributed by atoms with van der Waals surface area (Å²) in [4.78, 5) is 12.2. The molecule has 2 saturated carbocycles. The number of carbonyl (C=O) groups excluding carboxylic acids is 1. The lowest BCUT2D eigenvalue weighted by Gasteiger charge is -2.18. The van der Waals surface area contributed by atoms with Crippen LogP contribution in [-0.4, -0.2) is 17.1 Å². The van der Waals surface area contributed by atoms with Crippen LogP contribution in [0, 0.1) is 11.8 Å². The maximum Gasteiger partial charge on any atom is 0.255 e. The minimum absolute atomic E-state index is 0.0118. The van der Waals surface area contributed by atoms with Crippen molar-refractivity contribution in [2.75, 3.05) is 0 Å². The fraction of sp³-hybridized carbons (Fsp3) is 0.500. The van der Waals surface area contributed by atoms with E-state index in [0.717, 1.165) is 0 Å². The lowest BCUT2D eigenvalue weighted by Crippen LogP contribution is -2.38. The van der Waals surface area contributed by atoms with E-state index in [9.17, 15) is 9.90 Å². The Morgan fingerprint density at radius 1 is 1.28 bits per heavy atom. The summed E-state index contributed by atoms with van der Waals surface area (Å²) in [6.45, 7) is 0. The summed E-state index contributed by atoms with van der Waals surface area (Å²) in [6.07, 6.45) is 4.85. The van der Waals surface area contributed by atoms with Gasteiger partial charge in [-0.3, -0.25) is 4.79 Å². The summed E-state index contributed by atoms with van der Waals surface area (Å²) in [5, 5.41) is 13.2. The highest BCUT2D eigenvalue weighted by molar-refractivity contribution is 6.31. The molecule has 3 nitrogen and oxygen atoms in total. The molecule has 1 aromatic rings. The summed E-state index contributed by atoms with van der Waals surface area (Å²) >= 11 is 5.86. The van der Waals surface area contributed by atoms with Gasteiger partial charge in [-0.25, -0.2) is 0 Å². The van der Waals surface area contributed by atoms with Crippen molar-refractivity contribution in [3.63, 3.8) is 0 Å². The van der Waals surface area contributed by atoms with Crippen LogP contribution >= 0.6 is 11.6 Å². The van der Waals surface area contributed by atoms with E-state index in [1.165, 1.54) is 37.8 Å². The van der Waals surface area contributed by atoms with E-state index >= 15 is 0 Å². The highest BCUT2D eigenvalue weighted by atomic mass is 35.5. The SMILES string of the molecule is O=C(NC(C1CC1)C1CC1)c1cc(Cl)ccc1O. The van der Waals surface area contributed by atoms with Crippen LogP contribution < -0.4 is 5.32 Å². The van der Waals surface area contributed by atoms with Gasteiger partial charge < -0.3 is 10.4 Å². The Labute approximate surface area is 111 Å². The normalized spacial score (nSPS) is 19.0. The molecule has 0 saturated heterocycles. The van der Waals surface area contributed by atoms with Crippen LogP contribution in [0.15, 0.2) is 18.2 Å². The zero-order valence-electron chi connectivity index (χ0n) is 10.0. The van der Waals surface area contributed by atoms with Crippen LogP contribution in [0.1, 0.15) is 36.0 Å². The molecule has 96 valence electrons. The van der Waals surface area contributed by atoms with Crippen molar-refractivity contribution >= 4 is 17.5 Å². The van der Waals surface area contributed by atoms with Crippen LogP contribution in [-0.2, 0) is 0 Å². The largest absolute Gasteiger partial charge is 0.507 e. The van der Waals surface area contributed by atoms with Crippen molar-refractivity contribution in [3.8, 4) is 5.75 Å². The van der Waals surface area contributed by atoms with Gasteiger partial charge in [-0.15, -0.1) is 0 Å². The second-order valence-corrected chi connectivity index (χ2v) is 5.77. The van der Waals surface area contributed by atoms with E-state index in [-0.39, 0.29) is 23.3 Å². The van der Waals surface area contributed by atoms with Crippen molar-refractivity contribution in [2.45, 2.75) is 31.7 Å². The molecule has 1 amide bonds. The van der Waals surface area contributed by atoms with Crippen molar-refractivity contribution in [1.82, 2.24) is 5.32 Å². The van der Waals surface area contributed by atoms with Crippen LogP contribution in [0.3, 0.4) is 0 Å². The van der Waals surface area contributed by atoms with Crippen LogP contribution in [0.25, 0.3) is 0 Å². The van der Waals surface area contributed by atoms with Gasteiger partial charge in [0.1, 0.15) is 5.75 Å². The summed E-state index contributed by atoms with van der Waals surface area (Å²) in [6, 6.07) is 4.84. The zero-order valence-corrected chi connectivity index (χ0v) is 10.8. The third kappa shape index (κ3) is 2.46. The van der Waals surface area contributed by atoms with E-state index < -0.39 is 0 Å². The summed E-state index contributed by atoms with van der Waals surface area (Å²) in [5.41, 5.74) is 0.272. The Kier molecular flexibility index (Phi) is 2.94. The lowest BCUT2D eigenvalue weighted by atomic mass is 10.1. The van der Waals surface area contributed by atoms with E-state index in [4.69, 9.17) is 11.6 Å². The Bertz CT molecular complexity index is 469. The molecule has 2 aliphatic carbocycles. The number of rotatable bonds is 4. The summed E-state index contributed by atoms with van der Waals surface area (Å²) < 4.78 is 0. The molecule has 18 heavy (non-hydrogen) atoms. The van der Waals surface area contributed by atoms with Crippen LogP contribution in [0.5, 0.6) is 5.75 Å². The number of carbonyl (C=O) groups is 1. The smallest absolute Gasteiger partial charge is 0.255 e. The molecule has 0 heterocycles. The summed E-state index contributed by atoms with van der Waals surface area (Å²) in [5.74, 6) is 1.06. The Hall–Kier alpha value is -1.22. The van der Waals surface area contributed by atoms with Gasteiger partial charge in [-0.05, 0) is 55.7 Å². The van der Waals surface area contributed by atoms with Gasteiger partial charge >= 0.3 is 0 Å². The van der Waals surface area contributed by atoms with Crippen molar-refractivity contribution < 1.29 is 9.90 Å². The zero-order chi connectivity index (χ0) is 12.7. The predicted octanol–water partition coefficient (Wildman–Crippen LogP) is 2.96. The predicted molar refractivity (Wildman–Crippen MR) is 69.8 cm³/mol. The number of aromatic hydroxyl groups is 1. The van der Waals surface area contributed by atoms with E-state index in [2.05, 4.69) is 5.32 Å². The second kappa shape index (κ2) is 4.47. The molecule has 3 rings (SSSR count). The lowest BCUT2D eigenvalue weighted by molar-refractivity contribution is 0.0923. The van der Waals surface area contributed by atoms with Gasteiger partial charge in [0.25, 0.3) is 5.91 Å². The molecule has 0 atom stereocenters. The van der Waals surface area contributed by atoms with Crippen LogP contribution in [0.2, 0.25) is 5.02 Å². The molecule has 2 fully saturated rings. The molecule has 2 N–H and O–H groups in total. The molecule has 0 radical (unpaired) electrons. The van der Waals surface area contributed by atoms with Gasteiger partial charge in [-0.2, -0.15) is 0 Å². The average molecular weight is 266 g/mol. The first-order valence-corrected chi connectivity index (χ1v) is 6.82. The first-order chi connectivity index (χ1) is 8.65. The number of halogens is 1. The number of benzene rings is 1. The number of hydrogen-bond acceptors (Lipinski definition) is 2. The fourth-order valence-corrected chi connectivity index (χ4v) is 2.62. The standard InChI is InChI=1S/C14H16ClNO2/c15-10-5-6-12(17)11(7-10)14(18)16-13(8-1-2-8)9-3-4-9/h5-9,13,17H,1-4H2,(H,16,18). The molecule has 0 bridgehead atoms. The van der Waals surface area contributed by atoms with Crippen molar-refractivity contribution in [1.29, 1.82) is 0 Å². The first kappa shape index (κ1) is 11.8. The number of phenols is 1. The van der Waals surface area contributed by atoms with Crippen LogP contribution in [0.4, 0.5) is 0 Å². The van der Waals surface area contributed by atoms with Gasteiger partial charge in [0.15, 0.2) is 0 Å². The molecular weight excluding hydrogens is 250 g/mol. The Morgan fingerprint density at radius 2 is 1.89 bits per heavy atom. The maximum atomic E-state index is 12.2. The highest BCUT2D eigenvalue weighted by Gasteiger charge is 2.42. The van der Waals surface area contributed by atoms with E-state index in [1.807, 2.05) is 0 Å². The Morgan fingerprint density at radius 3 is 2.44 bits per heavy atom. The molecule has 2 aliphatic rings. The van der Waals surface area contributed by atoms with Crippen molar-refractivity contribution in [2.24, 2.45) is 11.8 Å². The van der Waals surface area contributed by atoms with Gasteiger partial charge in [0, 0.05) is 11.1 Å². The third-order valence-corrected chi connectivity index (χ3v) is 4.00. The number of hydrogen-bond donors (Lipinski definition) is 2. The minimum Gasteiger partial charge on any atom is -0.507 e. The van der Waals surface area contributed by atoms with E-state index in [1.54, 1.807) is 6.07 Å². The maximum absolute atomic E-state index is 12.2. The number of amides is 1.